The molecule has 0 bridgehead atoms. The standard InChI is InChI=1S/C19H24N4O/c1-22-14-20-13-15(22)6-10-23-11-7-16(8-12-23)24-19-4-2-3-18-17(19)5-9-21-18/h2-5,9,13-14,16,21H,6-8,10-12H2,1H3. The second kappa shape index (κ2) is 6.69. The van der Waals surface area contributed by atoms with Crippen LogP contribution in [0.1, 0.15) is 18.5 Å². The van der Waals surface area contributed by atoms with Crippen LogP contribution < -0.4 is 4.74 Å². The minimum Gasteiger partial charge on any atom is -0.490 e. The van der Waals surface area contributed by atoms with E-state index in [0.29, 0.717) is 6.10 Å². The molecule has 0 unspecified atom stereocenters. The zero-order valence-electron chi connectivity index (χ0n) is 14.1. The zero-order chi connectivity index (χ0) is 16.4. The average Bonchev–Trinajstić information content (AvgIpc) is 3.24. The molecule has 3 heterocycles. The van der Waals surface area contributed by atoms with E-state index in [1.807, 2.05) is 18.7 Å². The van der Waals surface area contributed by atoms with Gasteiger partial charge in [-0.2, -0.15) is 0 Å². The Morgan fingerprint density at radius 3 is 2.92 bits per heavy atom. The number of ether oxygens (including phenoxy) is 1. The molecule has 0 atom stereocenters. The van der Waals surface area contributed by atoms with Crippen LogP contribution in [-0.2, 0) is 13.5 Å². The van der Waals surface area contributed by atoms with Gasteiger partial charge in [-0.05, 0) is 31.0 Å². The molecule has 1 N–H and O–H groups in total. The van der Waals surface area contributed by atoms with Crippen molar-refractivity contribution < 1.29 is 4.74 Å². The summed E-state index contributed by atoms with van der Waals surface area (Å²) in [5.74, 6) is 1.00. The summed E-state index contributed by atoms with van der Waals surface area (Å²) >= 11 is 0. The van der Waals surface area contributed by atoms with Crippen LogP contribution in [0.25, 0.3) is 10.9 Å². The summed E-state index contributed by atoms with van der Waals surface area (Å²) in [6, 6.07) is 8.30. The van der Waals surface area contributed by atoms with Gasteiger partial charge in [-0.15, -0.1) is 0 Å². The molecule has 5 heteroatoms. The van der Waals surface area contributed by atoms with Gasteiger partial charge in [0.2, 0.25) is 0 Å². The van der Waals surface area contributed by atoms with E-state index in [1.165, 1.54) is 11.1 Å². The molecular weight excluding hydrogens is 300 g/mol. The van der Waals surface area contributed by atoms with Crippen LogP contribution in [0.2, 0.25) is 0 Å². The monoisotopic (exact) mass is 324 g/mol. The summed E-state index contributed by atoms with van der Waals surface area (Å²) in [6.45, 7) is 3.30. The van der Waals surface area contributed by atoms with Crippen LogP contribution in [0.5, 0.6) is 5.75 Å². The number of H-pyrrole nitrogens is 1. The quantitative estimate of drug-likeness (QED) is 0.785. The van der Waals surface area contributed by atoms with E-state index in [4.69, 9.17) is 4.74 Å². The van der Waals surface area contributed by atoms with Gasteiger partial charge in [-0.1, -0.05) is 6.07 Å². The molecule has 0 aliphatic carbocycles. The highest BCUT2D eigenvalue weighted by molar-refractivity contribution is 5.85. The maximum absolute atomic E-state index is 6.28. The number of imidazole rings is 1. The van der Waals surface area contributed by atoms with Gasteiger partial charge in [0.25, 0.3) is 0 Å². The number of hydrogen-bond acceptors (Lipinski definition) is 3. The lowest BCUT2D eigenvalue weighted by atomic mass is 10.1. The third-order valence-corrected chi connectivity index (χ3v) is 4.98. The largest absolute Gasteiger partial charge is 0.490 e. The second-order valence-electron chi connectivity index (χ2n) is 6.60. The van der Waals surface area contributed by atoms with Crippen LogP contribution in [0.15, 0.2) is 43.0 Å². The lowest BCUT2D eigenvalue weighted by molar-refractivity contribution is 0.102. The number of nitrogens with one attached hydrogen (secondary N) is 1. The van der Waals surface area contributed by atoms with Crippen LogP contribution in [0.3, 0.4) is 0 Å². The zero-order valence-corrected chi connectivity index (χ0v) is 14.1. The Labute approximate surface area is 142 Å². The Balaban J connectivity index is 1.30. The Morgan fingerprint density at radius 2 is 2.12 bits per heavy atom. The number of fused-ring (bicyclic) bond motifs is 1. The molecule has 4 rings (SSSR count). The predicted octanol–water partition coefficient (Wildman–Crippen LogP) is 2.99. The smallest absolute Gasteiger partial charge is 0.129 e. The first-order valence-corrected chi connectivity index (χ1v) is 8.70. The Hall–Kier alpha value is -2.27. The summed E-state index contributed by atoms with van der Waals surface area (Å²) in [5, 5.41) is 1.18. The minimum absolute atomic E-state index is 0.318. The molecule has 1 saturated heterocycles. The van der Waals surface area contributed by atoms with E-state index in [1.54, 1.807) is 0 Å². The Morgan fingerprint density at radius 1 is 1.25 bits per heavy atom. The van der Waals surface area contributed by atoms with Crippen LogP contribution in [0, 0.1) is 0 Å². The van der Waals surface area contributed by atoms with Gasteiger partial charge in [-0.25, -0.2) is 4.98 Å². The third kappa shape index (κ3) is 3.17. The van der Waals surface area contributed by atoms with Gasteiger partial charge in [0.15, 0.2) is 0 Å². The highest BCUT2D eigenvalue weighted by atomic mass is 16.5. The number of aromatic nitrogens is 3. The minimum atomic E-state index is 0.318. The van der Waals surface area contributed by atoms with E-state index in [2.05, 4.69) is 50.7 Å². The van der Waals surface area contributed by atoms with Crippen LogP contribution in [-0.4, -0.2) is 45.2 Å². The molecule has 24 heavy (non-hydrogen) atoms. The summed E-state index contributed by atoms with van der Waals surface area (Å²) in [6.07, 6.45) is 9.37. The normalized spacial score (nSPS) is 16.7. The summed E-state index contributed by atoms with van der Waals surface area (Å²) < 4.78 is 8.39. The molecule has 0 saturated carbocycles. The second-order valence-corrected chi connectivity index (χ2v) is 6.60. The lowest BCUT2D eigenvalue weighted by Gasteiger charge is -2.32. The topological polar surface area (TPSA) is 46.1 Å². The predicted molar refractivity (Wildman–Crippen MR) is 95.3 cm³/mol. The van der Waals surface area contributed by atoms with Crippen molar-refractivity contribution >= 4 is 10.9 Å². The molecule has 1 aliphatic rings. The van der Waals surface area contributed by atoms with Gasteiger partial charge in [0, 0.05) is 62.1 Å². The first kappa shape index (κ1) is 15.3. The molecule has 0 amide bonds. The Bertz CT molecular complexity index is 798. The van der Waals surface area contributed by atoms with Crippen molar-refractivity contribution in [2.75, 3.05) is 19.6 Å². The fourth-order valence-corrected chi connectivity index (χ4v) is 3.49. The molecule has 0 radical (unpaired) electrons. The molecule has 1 aliphatic heterocycles. The number of benzene rings is 1. The number of hydrogen-bond donors (Lipinski definition) is 1. The molecule has 1 aromatic carbocycles. The van der Waals surface area contributed by atoms with Crippen molar-refractivity contribution in [2.24, 2.45) is 7.05 Å². The maximum atomic E-state index is 6.28. The lowest BCUT2D eigenvalue weighted by Crippen LogP contribution is -2.39. The van der Waals surface area contributed by atoms with E-state index in [9.17, 15) is 0 Å². The van der Waals surface area contributed by atoms with Crippen molar-refractivity contribution in [2.45, 2.75) is 25.4 Å². The highest BCUT2D eigenvalue weighted by Crippen LogP contribution is 2.27. The number of piperidine rings is 1. The van der Waals surface area contributed by atoms with Gasteiger partial charge in [0.05, 0.1) is 6.33 Å². The summed E-state index contributed by atoms with van der Waals surface area (Å²) in [7, 11) is 2.06. The number of nitrogens with zero attached hydrogens (tertiary/aromatic N) is 3. The molecule has 0 spiro atoms. The fourth-order valence-electron chi connectivity index (χ4n) is 3.49. The van der Waals surface area contributed by atoms with Gasteiger partial charge in [0.1, 0.15) is 11.9 Å². The molecule has 2 aromatic heterocycles. The van der Waals surface area contributed by atoms with Gasteiger partial charge < -0.3 is 19.2 Å². The van der Waals surface area contributed by atoms with E-state index in [-0.39, 0.29) is 0 Å². The maximum Gasteiger partial charge on any atom is 0.129 e. The van der Waals surface area contributed by atoms with Crippen molar-refractivity contribution in [3.8, 4) is 5.75 Å². The van der Waals surface area contributed by atoms with Crippen LogP contribution in [0.4, 0.5) is 0 Å². The SMILES string of the molecule is Cn1cncc1CCN1CCC(Oc2cccc3[nH]ccc23)CC1. The number of likely N-dealkylation sites (tertiary alicyclic amines) is 1. The highest BCUT2D eigenvalue weighted by Gasteiger charge is 2.21. The fraction of sp³-hybridized carbons (Fsp3) is 0.421. The number of rotatable bonds is 5. The molecule has 5 nitrogen and oxygen atoms in total. The molecule has 1 fully saturated rings. The molecule has 126 valence electrons. The third-order valence-electron chi connectivity index (χ3n) is 4.98. The molecular formula is C19H24N4O. The summed E-state index contributed by atoms with van der Waals surface area (Å²) in [4.78, 5) is 9.96. The Kier molecular flexibility index (Phi) is 4.26. The molecule has 3 aromatic rings. The first-order valence-electron chi connectivity index (χ1n) is 8.70. The van der Waals surface area contributed by atoms with E-state index < -0.39 is 0 Å². The van der Waals surface area contributed by atoms with Crippen molar-refractivity contribution in [3.05, 3.63) is 48.7 Å². The van der Waals surface area contributed by atoms with Gasteiger partial charge >= 0.3 is 0 Å². The number of aryl methyl sites for hydroxylation is 1. The number of aromatic amines is 1. The van der Waals surface area contributed by atoms with Crippen molar-refractivity contribution in [3.63, 3.8) is 0 Å². The van der Waals surface area contributed by atoms with Crippen LogP contribution >= 0.6 is 0 Å². The van der Waals surface area contributed by atoms with Crippen molar-refractivity contribution in [1.29, 1.82) is 0 Å². The first-order chi connectivity index (χ1) is 11.8. The van der Waals surface area contributed by atoms with Crippen molar-refractivity contribution in [1.82, 2.24) is 19.4 Å². The average molecular weight is 324 g/mol. The summed E-state index contributed by atoms with van der Waals surface area (Å²) in [5.41, 5.74) is 2.44. The van der Waals surface area contributed by atoms with E-state index in [0.717, 1.165) is 50.2 Å². The van der Waals surface area contributed by atoms with E-state index >= 15 is 0 Å². The van der Waals surface area contributed by atoms with Gasteiger partial charge in [-0.3, -0.25) is 0 Å².